The van der Waals surface area contributed by atoms with Gasteiger partial charge >= 0.3 is 6.03 Å². The first-order valence-electron chi connectivity index (χ1n) is 9.46. The Morgan fingerprint density at radius 3 is 2.97 bits per heavy atom. The fraction of sp³-hybridized carbons (Fsp3) is 0.412. The Hall–Kier alpha value is -3.98. The summed E-state index contributed by atoms with van der Waals surface area (Å²) in [5.74, 6) is -4.29. The highest BCUT2D eigenvalue weighted by Crippen LogP contribution is 2.20. The topological polar surface area (TPSA) is 140 Å². The molecule has 1 aliphatic heterocycles. The number of hydrogen-bond donors (Lipinski definition) is 2. The van der Waals surface area contributed by atoms with Crippen molar-refractivity contribution in [3.63, 3.8) is 0 Å². The van der Waals surface area contributed by atoms with Crippen LogP contribution in [0.25, 0.3) is 5.65 Å². The number of rotatable bonds is 8. The smallest absolute Gasteiger partial charge is 0.318 e. The van der Waals surface area contributed by atoms with Crippen molar-refractivity contribution in [2.24, 2.45) is 0 Å². The van der Waals surface area contributed by atoms with Gasteiger partial charge in [0.25, 0.3) is 24.1 Å². The van der Waals surface area contributed by atoms with E-state index in [0.29, 0.717) is 16.9 Å². The predicted octanol–water partition coefficient (Wildman–Crippen LogP) is 0.847. The summed E-state index contributed by atoms with van der Waals surface area (Å²) in [6.45, 7) is -2.58. The molecule has 3 amide bonds. The maximum atomic E-state index is 13.6. The van der Waals surface area contributed by atoms with Gasteiger partial charge in [0.2, 0.25) is 5.69 Å². The van der Waals surface area contributed by atoms with E-state index in [0.717, 1.165) is 4.90 Å². The summed E-state index contributed by atoms with van der Waals surface area (Å²) in [7, 11) is 0. The Bertz CT molecular complexity index is 1170. The SMILES string of the molecule is O=C(NCc1cn2ncc(CN3CC(F)(F)CNC3=O)cc2n1)c1nonc1OCC(F)F. The molecule has 176 valence electrons. The molecular formula is C17H16F4N8O4. The van der Waals surface area contributed by atoms with Gasteiger partial charge in [-0.05, 0) is 21.9 Å². The first-order chi connectivity index (χ1) is 15.7. The molecule has 1 aliphatic rings. The summed E-state index contributed by atoms with van der Waals surface area (Å²) in [6, 6.07) is 0.961. The second-order valence-corrected chi connectivity index (χ2v) is 7.07. The quantitative estimate of drug-likeness (QED) is 0.460. The highest BCUT2D eigenvalue weighted by molar-refractivity contribution is 5.94. The molecule has 0 bridgehead atoms. The Balaban J connectivity index is 1.39. The number of fused-ring (bicyclic) bond motifs is 1. The van der Waals surface area contributed by atoms with Crippen LogP contribution in [0.1, 0.15) is 21.7 Å². The fourth-order valence-electron chi connectivity index (χ4n) is 3.02. The van der Waals surface area contributed by atoms with Crippen LogP contribution in [0.2, 0.25) is 0 Å². The Morgan fingerprint density at radius 2 is 2.18 bits per heavy atom. The van der Waals surface area contributed by atoms with Crippen molar-refractivity contribution in [3.8, 4) is 5.88 Å². The molecule has 3 aromatic heterocycles. The van der Waals surface area contributed by atoms with Crippen molar-refractivity contribution in [2.45, 2.75) is 25.4 Å². The van der Waals surface area contributed by atoms with Crippen molar-refractivity contribution in [1.82, 2.24) is 40.4 Å². The summed E-state index contributed by atoms with van der Waals surface area (Å²) in [4.78, 5) is 29.3. The zero-order valence-electron chi connectivity index (χ0n) is 16.7. The summed E-state index contributed by atoms with van der Waals surface area (Å²) in [6.07, 6.45) is 0.148. The van der Waals surface area contributed by atoms with Crippen LogP contribution in [-0.4, -0.2) is 73.8 Å². The van der Waals surface area contributed by atoms with Gasteiger partial charge in [-0.3, -0.25) is 4.79 Å². The van der Waals surface area contributed by atoms with Gasteiger partial charge in [-0.1, -0.05) is 0 Å². The molecule has 4 heterocycles. The molecule has 0 atom stereocenters. The highest BCUT2D eigenvalue weighted by Gasteiger charge is 2.38. The molecule has 0 unspecified atom stereocenters. The molecule has 12 nitrogen and oxygen atoms in total. The predicted molar refractivity (Wildman–Crippen MR) is 98.7 cm³/mol. The van der Waals surface area contributed by atoms with Crippen LogP contribution in [0, 0.1) is 0 Å². The number of amides is 3. The molecule has 3 aromatic rings. The number of halogens is 4. The average Bonchev–Trinajstić information content (AvgIpc) is 3.39. The third kappa shape index (κ3) is 5.27. The van der Waals surface area contributed by atoms with Crippen LogP contribution in [0.4, 0.5) is 22.4 Å². The van der Waals surface area contributed by atoms with Gasteiger partial charge in [-0.2, -0.15) is 5.10 Å². The lowest BCUT2D eigenvalue weighted by Gasteiger charge is -2.32. The standard InChI is InChI=1S/C17H16F4N8O4/c18-11(19)6-32-15-13(26-33-27-15)14(30)22-3-10-5-29-12(25-10)1-9(2-24-29)4-28-8-17(20,21)7-23-16(28)31/h1-2,5,11H,3-4,6-8H2,(H,22,30)(H,23,31). The van der Waals surface area contributed by atoms with Crippen LogP contribution in [-0.2, 0) is 13.1 Å². The Kier molecular flexibility index (Phi) is 5.97. The zero-order chi connectivity index (χ0) is 23.6. The van der Waals surface area contributed by atoms with E-state index in [4.69, 9.17) is 0 Å². The van der Waals surface area contributed by atoms with Crippen LogP contribution >= 0.6 is 0 Å². The van der Waals surface area contributed by atoms with Crippen LogP contribution in [0.15, 0.2) is 23.1 Å². The van der Waals surface area contributed by atoms with Crippen LogP contribution < -0.4 is 15.4 Å². The van der Waals surface area contributed by atoms with Gasteiger partial charge in [-0.25, -0.2) is 36.5 Å². The molecule has 0 radical (unpaired) electrons. The summed E-state index contributed by atoms with van der Waals surface area (Å²) in [5, 5.41) is 15.3. The number of ether oxygens (including phenoxy) is 1. The summed E-state index contributed by atoms with van der Waals surface area (Å²) < 4.78 is 62.1. The number of imidazole rings is 1. The van der Waals surface area contributed by atoms with Crippen molar-refractivity contribution < 1.29 is 36.5 Å². The van der Waals surface area contributed by atoms with E-state index >= 15 is 0 Å². The van der Waals surface area contributed by atoms with Crippen molar-refractivity contribution in [3.05, 3.63) is 35.4 Å². The second-order valence-electron chi connectivity index (χ2n) is 7.07. The highest BCUT2D eigenvalue weighted by atomic mass is 19.3. The Labute approximate surface area is 181 Å². The molecule has 16 heteroatoms. The Morgan fingerprint density at radius 1 is 1.36 bits per heavy atom. The summed E-state index contributed by atoms with van der Waals surface area (Å²) >= 11 is 0. The number of carbonyl (C=O) groups excluding carboxylic acids is 2. The van der Waals surface area contributed by atoms with E-state index in [1.165, 1.54) is 16.9 Å². The number of alkyl halides is 4. The lowest BCUT2D eigenvalue weighted by molar-refractivity contribution is -0.0367. The number of urea groups is 1. The lowest BCUT2D eigenvalue weighted by Crippen LogP contribution is -2.56. The fourth-order valence-corrected chi connectivity index (χ4v) is 3.02. The normalized spacial score (nSPS) is 15.7. The molecule has 33 heavy (non-hydrogen) atoms. The van der Waals surface area contributed by atoms with Gasteiger partial charge < -0.3 is 20.3 Å². The maximum absolute atomic E-state index is 13.6. The molecule has 0 spiro atoms. The first-order valence-corrected chi connectivity index (χ1v) is 9.46. The molecule has 0 aliphatic carbocycles. The monoisotopic (exact) mass is 472 g/mol. The molecule has 0 aromatic carbocycles. The van der Waals surface area contributed by atoms with Gasteiger partial charge in [0.1, 0.15) is 0 Å². The van der Waals surface area contributed by atoms with Crippen LogP contribution in [0.5, 0.6) is 5.88 Å². The average molecular weight is 472 g/mol. The van der Waals surface area contributed by atoms with Gasteiger partial charge in [0.15, 0.2) is 12.3 Å². The largest absolute Gasteiger partial charge is 0.468 e. The first kappa shape index (κ1) is 22.2. The van der Waals surface area contributed by atoms with Crippen molar-refractivity contribution in [2.75, 3.05) is 19.7 Å². The minimum Gasteiger partial charge on any atom is -0.468 e. The third-order valence-corrected chi connectivity index (χ3v) is 4.46. The second kappa shape index (κ2) is 8.87. The van der Waals surface area contributed by atoms with Crippen molar-refractivity contribution in [1.29, 1.82) is 0 Å². The van der Waals surface area contributed by atoms with E-state index in [1.807, 2.05) is 0 Å². The van der Waals surface area contributed by atoms with E-state index in [9.17, 15) is 27.2 Å². The van der Waals surface area contributed by atoms with Crippen LogP contribution in [0.3, 0.4) is 0 Å². The maximum Gasteiger partial charge on any atom is 0.318 e. The van der Waals surface area contributed by atoms with Gasteiger partial charge in [0.05, 0.1) is 37.7 Å². The number of aromatic nitrogens is 5. The van der Waals surface area contributed by atoms with Gasteiger partial charge in [-0.15, -0.1) is 0 Å². The molecule has 1 saturated heterocycles. The number of nitrogens with one attached hydrogen (secondary N) is 2. The third-order valence-electron chi connectivity index (χ3n) is 4.46. The molecule has 0 saturated carbocycles. The molecular weight excluding hydrogens is 456 g/mol. The van der Waals surface area contributed by atoms with Gasteiger partial charge in [0, 0.05) is 6.54 Å². The van der Waals surface area contributed by atoms with E-state index in [1.54, 1.807) is 6.07 Å². The minimum absolute atomic E-state index is 0.0839. The number of carbonyl (C=O) groups is 2. The molecule has 4 rings (SSSR count). The number of nitrogens with zero attached hydrogens (tertiary/aromatic N) is 6. The lowest BCUT2D eigenvalue weighted by atomic mass is 10.2. The molecule has 1 fully saturated rings. The van der Waals surface area contributed by atoms with E-state index in [2.05, 4.69) is 40.4 Å². The zero-order valence-corrected chi connectivity index (χ0v) is 16.7. The van der Waals surface area contributed by atoms with E-state index in [-0.39, 0.29) is 13.1 Å². The minimum atomic E-state index is -3.03. The van der Waals surface area contributed by atoms with Crippen molar-refractivity contribution >= 4 is 17.6 Å². The number of hydrogen-bond acceptors (Lipinski definition) is 8. The summed E-state index contributed by atoms with van der Waals surface area (Å²) in [5.41, 5.74) is 0.800. The van der Waals surface area contributed by atoms with E-state index < -0.39 is 55.6 Å². The molecule has 2 N–H and O–H groups in total.